The zero-order valence-electron chi connectivity index (χ0n) is 19.7. The minimum absolute atomic E-state index is 0.0898. The molecule has 1 aliphatic rings. The van der Waals surface area contributed by atoms with Gasteiger partial charge in [0.1, 0.15) is 11.6 Å². The molecule has 0 saturated carbocycles. The standard InChI is InChI=1S/C28H25F2N3O2/c1-5-23-25(29)14-22(15-26(23)30)32-27-11-16(2)33(18(4)35)28-10-9-20(13-24(27)28)19-7-6-8-21(12-19)31-17(3)34/h1,6-10,12-16,27,32H,11H2,2-4H3,(H,31,34)/t16-,27+/m0/s1. The first-order valence-corrected chi connectivity index (χ1v) is 11.2. The second kappa shape index (κ2) is 9.59. The van der Waals surface area contributed by atoms with E-state index in [0.717, 1.165) is 22.4 Å². The van der Waals surface area contributed by atoms with E-state index in [-0.39, 0.29) is 29.6 Å². The lowest BCUT2D eigenvalue weighted by molar-refractivity contribution is -0.117. The number of nitrogens with zero attached hydrogens (tertiary/aromatic N) is 1. The summed E-state index contributed by atoms with van der Waals surface area (Å²) in [4.78, 5) is 25.6. The molecule has 2 N–H and O–H groups in total. The van der Waals surface area contributed by atoms with Crippen LogP contribution in [-0.4, -0.2) is 17.9 Å². The van der Waals surface area contributed by atoms with Crippen molar-refractivity contribution in [1.29, 1.82) is 0 Å². The molecular weight excluding hydrogens is 448 g/mol. The van der Waals surface area contributed by atoms with Crippen molar-refractivity contribution in [2.24, 2.45) is 0 Å². The molecule has 0 unspecified atom stereocenters. The van der Waals surface area contributed by atoms with E-state index in [1.165, 1.54) is 26.0 Å². The van der Waals surface area contributed by atoms with Crippen LogP contribution in [0.1, 0.15) is 44.4 Å². The molecule has 5 nitrogen and oxygen atoms in total. The quantitative estimate of drug-likeness (QED) is 0.466. The lowest BCUT2D eigenvalue weighted by atomic mass is 9.88. The minimum Gasteiger partial charge on any atom is -0.378 e. The third-order valence-electron chi connectivity index (χ3n) is 6.06. The van der Waals surface area contributed by atoms with Gasteiger partial charge in [-0.15, -0.1) is 6.42 Å². The Morgan fingerprint density at radius 1 is 1.00 bits per heavy atom. The largest absolute Gasteiger partial charge is 0.378 e. The Hall–Kier alpha value is -4.18. The Balaban J connectivity index is 1.77. The molecule has 35 heavy (non-hydrogen) atoms. The molecule has 1 aliphatic heterocycles. The summed E-state index contributed by atoms with van der Waals surface area (Å²) in [7, 11) is 0. The molecular formula is C28H25F2N3O2. The van der Waals surface area contributed by atoms with Crippen molar-refractivity contribution in [2.75, 3.05) is 15.5 Å². The van der Waals surface area contributed by atoms with Crippen LogP contribution in [0.2, 0.25) is 0 Å². The second-order valence-corrected chi connectivity index (χ2v) is 8.67. The number of hydrogen-bond donors (Lipinski definition) is 2. The van der Waals surface area contributed by atoms with Crippen molar-refractivity contribution in [3.05, 3.63) is 77.4 Å². The molecule has 0 radical (unpaired) electrons. The van der Waals surface area contributed by atoms with Gasteiger partial charge in [0.15, 0.2) is 0 Å². The fraction of sp³-hybridized carbons (Fsp3) is 0.214. The number of rotatable bonds is 4. The number of fused-ring (bicyclic) bond motifs is 1. The maximum atomic E-state index is 14.3. The third-order valence-corrected chi connectivity index (χ3v) is 6.06. The smallest absolute Gasteiger partial charge is 0.224 e. The molecule has 0 aliphatic carbocycles. The molecule has 0 aromatic heterocycles. The molecule has 3 aromatic carbocycles. The Kier molecular flexibility index (Phi) is 6.57. The third kappa shape index (κ3) is 4.87. The van der Waals surface area contributed by atoms with E-state index >= 15 is 0 Å². The number of anilines is 3. The number of halogens is 2. The number of nitrogens with one attached hydrogen (secondary N) is 2. The maximum Gasteiger partial charge on any atom is 0.224 e. The topological polar surface area (TPSA) is 61.4 Å². The molecule has 0 saturated heterocycles. The van der Waals surface area contributed by atoms with Crippen molar-refractivity contribution in [3.63, 3.8) is 0 Å². The number of amides is 2. The van der Waals surface area contributed by atoms with Gasteiger partial charge in [-0.1, -0.05) is 24.1 Å². The fourth-order valence-corrected chi connectivity index (χ4v) is 4.64. The van der Waals surface area contributed by atoms with Crippen LogP contribution in [0.3, 0.4) is 0 Å². The van der Waals surface area contributed by atoms with Gasteiger partial charge >= 0.3 is 0 Å². The van der Waals surface area contributed by atoms with Crippen molar-refractivity contribution < 1.29 is 18.4 Å². The molecule has 2 amide bonds. The number of benzene rings is 3. The molecule has 1 heterocycles. The van der Waals surface area contributed by atoms with Crippen LogP contribution in [0.15, 0.2) is 54.6 Å². The molecule has 178 valence electrons. The van der Waals surface area contributed by atoms with Crippen LogP contribution >= 0.6 is 0 Å². The SMILES string of the molecule is C#Cc1c(F)cc(N[C@@H]2C[C@H](C)N(C(C)=O)c3ccc(-c4cccc(NC(C)=O)c4)cc32)cc1F. The average Bonchev–Trinajstić information content (AvgIpc) is 2.78. The highest BCUT2D eigenvalue weighted by Gasteiger charge is 2.33. The van der Waals surface area contributed by atoms with Crippen molar-refractivity contribution in [2.45, 2.75) is 39.3 Å². The highest BCUT2D eigenvalue weighted by molar-refractivity contribution is 5.94. The molecule has 0 fully saturated rings. The maximum absolute atomic E-state index is 14.3. The molecule has 0 spiro atoms. The zero-order valence-corrected chi connectivity index (χ0v) is 19.7. The Bertz CT molecular complexity index is 1340. The summed E-state index contributed by atoms with van der Waals surface area (Å²) in [5.74, 6) is 0.147. The summed E-state index contributed by atoms with van der Waals surface area (Å²) in [5, 5.41) is 6.01. The predicted molar refractivity (Wildman–Crippen MR) is 134 cm³/mol. The van der Waals surface area contributed by atoms with Crippen LogP contribution in [-0.2, 0) is 9.59 Å². The van der Waals surface area contributed by atoms with Crippen LogP contribution in [0, 0.1) is 24.0 Å². The summed E-state index contributed by atoms with van der Waals surface area (Å²) in [6, 6.07) is 15.1. The fourth-order valence-electron chi connectivity index (χ4n) is 4.64. The number of hydrogen-bond acceptors (Lipinski definition) is 3. The summed E-state index contributed by atoms with van der Waals surface area (Å²) in [6.45, 7) is 4.90. The first kappa shape index (κ1) is 24.0. The molecule has 4 rings (SSSR count). The number of carbonyl (C=O) groups excluding carboxylic acids is 2. The highest BCUT2D eigenvalue weighted by atomic mass is 19.1. The monoisotopic (exact) mass is 473 g/mol. The summed E-state index contributed by atoms with van der Waals surface area (Å²) in [5.41, 5.74) is 3.83. The summed E-state index contributed by atoms with van der Waals surface area (Å²) >= 11 is 0. The zero-order chi connectivity index (χ0) is 25.3. The van der Waals surface area contributed by atoms with Gasteiger partial charge in [0.2, 0.25) is 11.8 Å². The van der Waals surface area contributed by atoms with Gasteiger partial charge in [-0.25, -0.2) is 8.78 Å². The number of carbonyl (C=O) groups is 2. The molecule has 3 aromatic rings. The van der Waals surface area contributed by atoms with Gasteiger partial charge in [-0.3, -0.25) is 9.59 Å². The van der Waals surface area contributed by atoms with Gasteiger partial charge in [-0.2, -0.15) is 0 Å². The minimum atomic E-state index is -0.812. The van der Waals surface area contributed by atoms with E-state index < -0.39 is 17.2 Å². The predicted octanol–water partition coefficient (Wildman–Crippen LogP) is 5.87. The normalized spacial score (nSPS) is 16.7. The van der Waals surface area contributed by atoms with Gasteiger partial charge in [0.05, 0.1) is 11.6 Å². The van der Waals surface area contributed by atoms with E-state index in [2.05, 4.69) is 10.6 Å². The van der Waals surface area contributed by atoms with Crippen LogP contribution in [0.5, 0.6) is 0 Å². The number of terminal acetylenes is 1. The van der Waals surface area contributed by atoms with Crippen LogP contribution in [0.25, 0.3) is 11.1 Å². The van der Waals surface area contributed by atoms with E-state index in [1.807, 2.05) is 49.2 Å². The second-order valence-electron chi connectivity index (χ2n) is 8.67. The van der Waals surface area contributed by atoms with Crippen molar-refractivity contribution in [3.8, 4) is 23.5 Å². The van der Waals surface area contributed by atoms with Crippen molar-refractivity contribution >= 4 is 28.9 Å². The van der Waals surface area contributed by atoms with E-state index in [0.29, 0.717) is 12.1 Å². The first-order chi connectivity index (χ1) is 16.7. The Labute approximate surface area is 203 Å². The lowest BCUT2D eigenvalue weighted by Crippen LogP contribution is -2.43. The van der Waals surface area contributed by atoms with E-state index in [1.54, 1.807) is 11.0 Å². The van der Waals surface area contributed by atoms with Gasteiger partial charge in [-0.05, 0) is 66.4 Å². The van der Waals surface area contributed by atoms with Crippen LogP contribution < -0.4 is 15.5 Å². The van der Waals surface area contributed by atoms with Gasteiger partial charge in [0.25, 0.3) is 0 Å². The highest BCUT2D eigenvalue weighted by Crippen LogP contribution is 2.41. The van der Waals surface area contributed by atoms with Crippen LogP contribution in [0.4, 0.5) is 25.8 Å². The summed E-state index contributed by atoms with van der Waals surface area (Å²) < 4.78 is 28.6. The Morgan fingerprint density at radius 3 is 2.31 bits per heavy atom. The van der Waals surface area contributed by atoms with Crippen molar-refractivity contribution in [1.82, 2.24) is 0 Å². The summed E-state index contributed by atoms with van der Waals surface area (Å²) in [6.07, 6.45) is 5.74. The molecule has 2 atom stereocenters. The molecule has 7 heteroatoms. The van der Waals surface area contributed by atoms with Gasteiger partial charge < -0.3 is 15.5 Å². The van der Waals surface area contributed by atoms with E-state index in [4.69, 9.17) is 6.42 Å². The van der Waals surface area contributed by atoms with Gasteiger partial charge in [0, 0.05) is 37.0 Å². The van der Waals surface area contributed by atoms with E-state index in [9.17, 15) is 18.4 Å². The Morgan fingerprint density at radius 2 is 1.69 bits per heavy atom. The lowest BCUT2D eigenvalue weighted by Gasteiger charge is -2.39. The average molecular weight is 474 g/mol. The first-order valence-electron chi connectivity index (χ1n) is 11.2. The molecule has 0 bridgehead atoms.